The number of piperidine rings is 2. The van der Waals surface area contributed by atoms with E-state index in [0.717, 1.165) is 41.1 Å². The number of halogens is 1. The summed E-state index contributed by atoms with van der Waals surface area (Å²) in [5.74, 6) is 0.798. The van der Waals surface area contributed by atoms with Crippen LogP contribution in [0, 0.1) is 0 Å². The van der Waals surface area contributed by atoms with Crippen LogP contribution in [0.1, 0.15) is 25.7 Å². The van der Waals surface area contributed by atoms with Gasteiger partial charge in [-0.3, -0.25) is 0 Å². The highest BCUT2D eigenvalue weighted by Gasteiger charge is 2.32. The third kappa shape index (κ3) is 33.4. The molecule has 13 aromatic carbocycles. The number of likely N-dealkylation sites (N-methyl/N-ethyl adjacent to an activating group) is 1. The monoisotopic (exact) mass is 1740 g/mol. The van der Waals surface area contributed by atoms with Gasteiger partial charge in [-0.25, -0.2) is 0 Å². The number of aliphatic hydroxyl groups excluding tert-OH is 2. The van der Waals surface area contributed by atoms with Crippen molar-refractivity contribution in [2.45, 2.75) is 96.5 Å². The molecule has 3 fully saturated rings. The summed E-state index contributed by atoms with van der Waals surface area (Å²) in [6.45, 7) is 11.0. The number of piperazine rings is 1. The Kier molecular flexibility index (Phi) is 44.3. The van der Waals surface area contributed by atoms with Gasteiger partial charge in [-0.05, 0) is 231 Å². The highest BCUT2D eigenvalue weighted by Crippen LogP contribution is 2.35. The summed E-state index contributed by atoms with van der Waals surface area (Å²) in [7, 11) is 19.4. The molecule has 628 valence electrons. The van der Waals surface area contributed by atoms with Crippen molar-refractivity contribution in [3.63, 3.8) is 0 Å². The van der Waals surface area contributed by atoms with Crippen molar-refractivity contribution in [1.82, 2.24) is 24.9 Å². The lowest BCUT2D eigenvalue weighted by atomic mass is 10.0. The summed E-state index contributed by atoms with van der Waals surface area (Å²) in [5.41, 5.74) is 0.971. The van der Waals surface area contributed by atoms with Crippen LogP contribution in [0.25, 0.3) is 0 Å². The van der Waals surface area contributed by atoms with E-state index in [1.54, 1.807) is 7.11 Å². The molecule has 0 amide bonds. The number of nitrogens with one attached hydrogen (secondary N) is 1. The van der Waals surface area contributed by atoms with E-state index in [4.69, 9.17) is 14.9 Å². The van der Waals surface area contributed by atoms with Gasteiger partial charge in [0.2, 0.25) is 0 Å². The Balaban J connectivity index is 0.000000173. The summed E-state index contributed by atoms with van der Waals surface area (Å²) in [4.78, 5) is 27.7. The largest absolute Gasteiger partial charge is 1.00 e. The van der Waals surface area contributed by atoms with Crippen LogP contribution < -0.4 is 31.9 Å². The van der Waals surface area contributed by atoms with E-state index >= 15 is 0 Å². The van der Waals surface area contributed by atoms with E-state index in [0.29, 0.717) is 13.1 Å². The van der Waals surface area contributed by atoms with Crippen LogP contribution in [0.2, 0.25) is 0 Å². The van der Waals surface area contributed by atoms with Gasteiger partial charge in [-0.2, -0.15) is 0 Å². The summed E-state index contributed by atoms with van der Waals surface area (Å²) in [6.07, 6.45) is 5.40. The first-order valence-electron chi connectivity index (χ1n) is 41.6. The molecule has 3 N–H and O–H groups in total. The smallest absolute Gasteiger partial charge is 0.166 e. The van der Waals surface area contributed by atoms with E-state index in [2.05, 4.69) is 445 Å². The van der Waals surface area contributed by atoms with Crippen molar-refractivity contribution in [1.29, 1.82) is 0 Å². The molecule has 13 aromatic rings. The fourth-order valence-corrected chi connectivity index (χ4v) is 22.2. The molecule has 3 saturated heterocycles. The maximum atomic E-state index is 8.88. The first-order valence-corrected chi connectivity index (χ1v) is 46.5. The molecule has 3 aliphatic heterocycles. The second-order valence-corrected chi connectivity index (χ2v) is 38.4. The number of ether oxygens (including phenoxy) is 1. The fourth-order valence-electron chi connectivity index (χ4n) is 13.8. The number of likely N-dealkylation sites (tertiary alicyclic amines) is 2. The minimum absolute atomic E-state index is 0. The third-order valence-corrected chi connectivity index (χ3v) is 29.4. The molecule has 0 spiro atoms. The molecule has 0 bridgehead atoms. The second-order valence-electron chi connectivity index (χ2n) is 30.3. The normalized spacial score (nSPS) is 13.6. The lowest BCUT2D eigenvalue weighted by Gasteiger charge is -2.39. The van der Waals surface area contributed by atoms with Crippen LogP contribution in [-0.4, -0.2) is 189 Å². The number of hydrogen-bond donors (Lipinski definition) is 3. The first-order chi connectivity index (χ1) is 58.2. The van der Waals surface area contributed by atoms with Gasteiger partial charge in [-0.15, -0.1) is 0 Å². The maximum absolute atomic E-state index is 8.88. The average molecular weight is 1740 g/mol. The molecule has 10 nitrogen and oxygen atoms in total. The number of methoxy groups -OCH3 is 1. The Labute approximate surface area is 742 Å². The first kappa shape index (κ1) is 96.5. The molecule has 0 aromatic heterocycles. The quantitative estimate of drug-likeness (QED) is 0.0511. The zero-order chi connectivity index (χ0) is 83.9. The molecule has 3 heterocycles. The van der Waals surface area contributed by atoms with Crippen molar-refractivity contribution < 1.29 is 36.4 Å². The van der Waals surface area contributed by atoms with Crippen LogP contribution in [0.3, 0.4) is 0 Å². The molecule has 0 aliphatic carbocycles. The Morgan fingerprint density at radius 3 is 0.683 bits per heavy atom. The van der Waals surface area contributed by atoms with Crippen LogP contribution in [0.15, 0.2) is 447 Å². The molecule has 16 rings (SSSR count). The lowest BCUT2D eigenvalue weighted by Crippen LogP contribution is -3.00. The molecule has 15 heteroatoms. The molecule has 0 radical (unpaired) electrons. The molecule has 120 heavy (non-hydrogen) atoms. The van der Waals surface area contributed by atoms with Gasteiger partial charge in [0, 0.05) is 76.9 Å². The van der Waals surface area contributed by atoms with Gasteiger partial charge < -0.3 is 66.2 Å². The summed E-state index contributed by atoms with van der Waals surface area (Å²) in [6, 6.07) is 138. The summed E-state index contributed by atoms with van der Waals surface area (Å²) in [5, 5.41) is 21.0. The van der Waals surface area contributed by atoms with Gasteiger partial charge in [0.1, 0.15) is 5.75 Å². The van der Waals surface area contributed by atoms with Crippen molar-refractivity contribution >= 4 is 49.3 Å². The Morgan fingerprint density at radius 1 is 0.317 bits per heavy atom. The number of aliphatic hydroxyl groups is 2. The third-order valence-electron chi connectivity index (χ3n) is 20.5. The van der Waals surface area contributed by atoms with E-state index < -0.39 is 0 Å². The van der Waals surface area contributed by atoms with Gasteiger partial charge >= 0.3 is 0 Å². The number of nitrogens with zero attached hydrogens (tertiary/aromatic N) is 6. The summed E-state index contributed by atoms with van der Waals surface area (Å²) >= 11 is 0. The molecule has 0 unspecified atom stereocenters. The van der Waals surface area contributed by atoms with Crippen molar-refractivity contribution in [3.8, 4) is 5.75 Å². The average Bonchev–Trinajstić information content (AvgIpc) is 0.833. The highest BCUT2D eigenvalue weighted by atomic mass is 79.9. The maximum Gasteiger partial charge on any atom is 0.166 e. The highest BCUT2D eigenvalue weighted by molar-refractivity contribution is 7.98. The van der Waals surface area contributed by atoms with Crippen LogP contribution in [-0.2, 0) is 43.6 Å². The van der Waals surface area contributed by atoms with Crippen molar-refractivity contribution in [3.05, 3.63) is 388 Å². The van der Waals surface area contributed by atoms with E-state index in [1.165, 1.54) is 124 Å². The van der Waals surface area contributed by atoms with Crippen molar-refractivity contribution in [2.75, 3.05) is 147 Å². The fraction of sp³-hybridized carbons (Fsp3) is 0.257. The number of rotatable bonds is 20. The zero-order valence-electron chi connectivity index (χ0n) is 71.9. The number of anilines is 1. The van der Waals surface area contributed by atoms with Gasteiger partial charge in [-0.1, -0.05) is 218 Å². The predicted octanol–water partition coefficient (Wildman–Crippen LogP) is 17.6. The van der Waals surface area contributed by atoms with Gasteiger partial charge in [0.25, 0.3) is 0 Å². The number of benzene rings is 13. The minimum atomic E-state index is -0.0146. The molecular weight excluding hydrogens is 1620 g/mol. The Morgan fingerprint density at radius 2 is 0.517 bits per heavy atom. The topological polar surface area (TPSA) is 77.9 Å². The van der Waals surface area contributed by atoms with E-state index in [-0.39, 0.29) is 73.8 Å². The zero-order valence-corrected chi connectivity index (χ0v) is 76.8. The standard InChI is InChI=1S/4C18H15S.C11H17NO3.C9H21N2.C8H18N2.C5H12N2.BrH/c4*1-4-10-16(11-5-1)19(17-12-6-2-7-13-17)18-14-8-3-9-15-18;1-15-11-4-2-10(3-5-11)12(6-8-13)7-9-14;1-10-7-5-9(6-8-10)11(2,3)4;1-9(2)8-4-6-10(3)7-5-8;1-7-4-2-6-3-5-7;/h4*1-15H;2-5,13-14H,6-9H2,1H3;9H,5-8H2,1-4H3;8H,4-7H2,1-3H3;6H,2-5H2,1H3;1H/q4*+1;;+1;;;/p-1. The minimum Gasteiger partial charge on any atom is -1.00 e. The number of hydrogen-bond acceptors (Lipinski definition) is 9. The van der Waals surface area contributed by atoms with E-state index in [9.17, 15) is 0 Å². The van der Waals surface area contributed by atoms with Gasteiger partial charge in [0.05, 0.1) is 91.1 Å². The van der Waals surface area contributed by atoms with E-state index in [1.807, 2.05) is 29.2 Å². The predicted molar refractivity (Wildman–Crippen MR) is 508 cm³/mol. The number of quaternary nitrogens is 1. The Hall–Kier alpha value is -8.98. The Bertz CT molecular complexity index is 3840. The van der Waals surface area contributed by atoms with Crippen LogP contribution in [0.4, 0.5) is 5.69 Å². The van der Waals surface area contributed by atoms with Crippen LogP contribution in [0.5, 0.6) is 5.75 Å². The van der Waals surface area contributed by atoms with Gasteiger partial charge in [0.15, 0.2) is 58.7 Å². The molecular formula is C105H128BrN7O3S4+4. The lowest BCUT2D eigenvalue weighted by molar-refractivity contribution is -0.897. The molecule has 0 saturated carbocycles. The second kappa shape index (κ2) is 55.1. The SMILES string of the molecule is CN1CCC(N(C)C)CC1.CN1CCC([N+](C)(C)C)CC1.CN1CCNCC1.COc1ccc(N(CCO)CCO)cc1.[Br-].c1ccc([S+](c2ccccc2)c2ccccc2)cc1.c1ccc([S+](c2ccccc2)c2ccccc2)cc1.c1ccc([S+](c2ccccc2)c2ccccc2)cc1.c1ccc([S+](c2ccccc2)c2ccccc2)cc1. The molecule has 3 aliphatic rings. The molecule has 0 atom stereocenters. The summed E-state index contributed by atoms with van der Waals surface area (Å²) < 4.78 is 6.18. The van der Waals surface area contributed by atoms with Crippen molar-refractivity contribution in [2.24, 2.45) is 0 Å². The van der Waals surface area contributed by atoms with Crippen LogP contribution >= 0.6 is 0 Å².